The molecule has 2 N–H and O–H groups in total. The van der Waals surface area contributed by atoms with Crippen molar-refractivity contribution >= 4 is 16.9 Å². The number of nitrogens with zero attached hydrogens (tertiary/aromatic N) is 2. The molecule has 2 aromatic heterocycles. The van der Waals surface area contributed by atoms with E-state index in [1.54, 1.807) is 13.2 Å². The van der Waals surface area contributed by atoms with Crippen molar-refractivity contribution in [3.05, 3.63) is 41.7 Å². The van der Waals surface area contributed by atoms with Crippen LogP contribution in [0.4, 0.5) is 13.2 Å². The average molecular weight is 309 g/mol. The van der Waals surface area contributed by atoms with E-state index in [1.165, 1.54) is 16.8 Å². The van der Waals surface area contributed by atoms with Crippen LogP contribution in [0, 0.1) is 0 Å². The van der Waals surface area contributed by atoms with Gasteiger partial charge in [-0.25, -0.2) is 4.79 Å². The van der Waals surface area contributed by atoms with Crippen molar-refractivity contribution in [1.29, 1.82) is 0 Å². The Kier molecular flexibility index (Phi) is 2.98. The molecule has 0 aliphatic carbocycles. The molecule has 22 heavy (non-hydrogen) atoms. The molecule has 0 aliphatic heterocycles. The highest BCUT2D eigenvalue weighted by Gasteiger charge is 2.31. The summed E-state index contributed by atoms with van der Waals surface area (Å²) in [4.78, 5) is 11.2. The molecule has 3 rings (SSSR count). The predicted octanol–water partition coefficient (Wildman–Crippen LogP) is 3.29. The molecule has 114 valence electrons. The summed E-state index contributed by atoms with van der Waals surface area (Å²) >= 11 is 0. The van der Waals surface area contributed by atoms with Crippen LogP contribution in [0.25, 0.3) is 22.2 Å². The van der Waals surface area contributed by atoms with Crippen molar-refractivity contribution in [2.45, 2.75) is 6.18 Å². The van der Waals surface area contributed by atoms with E-state index in [-0.39, 0.29) is 11.3 Å². The SMILES string of the molecule is Cn1cc(-c2[nH]ncc2C(=O)O)c2ccc(C(F)(F)F)cc21. The second-order valence-electron chi connectivity index (χ2n) is 4.85. The predicted molar refractivity (Wildman–Crippen MR) is 72.5 cm³/mol. The van der Waals surface area contributed by atoms with Crippen molar-refractivity contribution < 1.29 is 23.1 Å². The molecular weight excluding hydrogens is 299 g/mol. The first kappa shape index (κ1) is 14.2. The zero-order valence-electron chi connectivity index (χ0n) is 11.3. The normalized spacial score (nSPS) is 12.0. The zero-order valence-corrected chi connectivity index (χ0v) is 11.3. The molecule has 1 aromatic carbocycles. The third-order valence-corrected chi connectivity index (χ3v) is 3.46. The lowest BCUT2D eigenvalue weighted by Gasteiger charge is -2.07. The Morgan fingerprint density at radius 1 is 1.36 bits per heavy atom. The van der Waals surface area contributed by atoms with Crippen molar-refractivity contribution in [2.75, 3.05) is 0 Å². The maximum absolute atomic E-state index is 12.8. The number of alkyl halides is 3. The molecule has 0 atom stereocenters. The highest BCUT2D eigenvalue weighted by molar-refractivity contribution is 6.02. The van der Waals surface area contributed by atoms with Crippen LogP contribution >= 0.6 is 0 Å². The van der Waals surface area contributed by atoms with Gasteiger partial charge in [-0.3, -0.25) is 5.10 Å². The molecule has 2 heterocycles. The van der Waals surface area contributed by atoms with Gasteiger partial charge in [-0.05, 0) is 12.1 Å². The van der Waals surface area contributed by atoms with Crippen LogP contribution in [0.3, 0.4) is 0 Å². The molecule has 5 nitrogen and oxygen atoms in total. The van der Waals surface area contributed by atoms with E-state index in [9.17, 15) is 18.0 Å². The lowest BCUT2D eigenvalue weighted by atomic mass is 10.1. The van der Waals surface area contributed by atoms with Crippen LogP contribution in [-0.4, -0.2) is 25.8 Å². The molecule has 0 aliphatic rings. The number of hydrogen-bond acceptors (Lipinski definition) is 2. The van der Waals surface area contributed by atoms with Gasteiger partial charge in [-0.1, -0.05) is 6.07 Å². The smallest absolute Gasteiger partial charge is 0.416 e. The summed E-state index contributed by atoms with van der Waals surface area (Å²) in [6.07, 6.45) is -1.69. The summed E-state index contributed by atoms with van der Waals surface area (Å²) in [5.74, 6) is -1.16. The zero-order chi connectivity index (χ0) is 16.1. The van der Waals surface area contributed by atoms with Crippen LogP contribution in [0.1, 0.15) is 15.9 Å². The van der Waals surface area contributed by atoms with Gasteiger partial charge in [0.25, 0.3) is 0 Å². The summed E-state index contributed by atoms with van der Waals surface area (Å²) in [7, 11) is 1.60. The standard InChI is InChI=1S/C14H10F3N3O2/c1-20-6-10(12-9(13(21)22)5-18-19-12)8-3-2-7(4-11(8)20)14(15,16)17/h2-6H,1H3,(H,18,19)(H,21,22). The lowest BCUT2D eigenvalue weighted by Crippen LogP contribution is -2.04. The monoisotopic (exact) mass is 309 g/mol. The Bertz CT molecular complexity index is 877. The number of rotatable bonds is 2. The first-order chi connectivity index (χ1) is 10.3. The molecule has 0 fully saturated rings. The molecule has 3 aromatic rings. The van der Waals surface area contributed by atoms with Crippen LogP contribution in [0.15, 0.2) is 30.6 Å². The third-order valence-electron chi connectivity index (χ3n) is 3.46. The summed E-state index contributed by atoms with van der Waals surface area (Å²) in [5, 5.41) is 15.9. The first-order valence-corrected chi connectivity index (χ1v) is 6.22. The number of halogens is 3. The molecule has 8 heteroatoms. The average Bonchev–Trinajstić information content (AvgIpc) is 3.02. The minimum Gasteiger partial charge on any atom is -0.478 e. The van der Waals surface area contributed by atoms with Gasteiger partial charge in [-0.15, -0.1) is 0 Å². The number of carboxylic acids is 1. The van der Waals surface area contributed by atoms with Crippen LogP contribution in [-0.2, 0) is 13.2 Å². The van der Waals surface area contributed by atoms with E-state index in [4.69, 9.17) is 5.11 Å². The molecule has 0 saturated carbocycles. The number of carboxylic acid groups (broad SMARTS) is 1. The second-order valence-corrected chi connectivity index (χ2v) is 4.85. The van der Waals surface area contributed by atoms with Crippen molar-refractivity contribution in [3.63, 3.8) is 0 Å². The molecule has 0 bridgehead atoms. The highest BCUT2D eigenvalue weighted by Crippen LogP contribution is 2.35. The molecular formula is C14H10F3N3O2. The van der Waals surface area contributed by atoms with E-state index in [0.29, 0.717) is 16.5 Å². The van der Waals surface area contributed by atoms with Crippen molar-refractivity contribution in [1.82, 2.24) is 14.8 Å². The van der Waals surface area contributed by atoms with Gasteiger partial charge in [0.1, 0.15) is 5.56 Å². The molecule has 0 saturated heterocycles. The summed E-state index contributed by atoms with van der Waals surface area (Å²) in [6.45, 7) is 0. The van der Waals surface area contributed by atoms with Gasteiger partial charge in [0.2, 0.25) is 0 Å². The van der Waals surface area contributed by atoms with E-state index in [1.807, 2.05) is 0 Å². The quantitative estimate of drug-likeness (QED) is 0.763. The number of aryl methyl sites for hydroxylation is 1. The maximum atomic E-state index is 12.8. The van der Waals surface area contributed by atoms with Crippen LogP contribution in [0.5, 0.6) is 0 Å². The molecule has 0 amide bonds. The number of nitrogens with one attached hydrogen (secondary N) is 1. The highest BCUT2D eigenvalue weighted by atomic mass is 19.4. The number of aromatic carboxylic acids is 1. The Hall–Kier alpha value is -2.77. The topological polar surface area (TPSA) is 70.9 Å². The summed E-state index contributed by atoms with van der Waals surface area (Å²) < 4.78 is 39.9. The first-order valence-electron chi connectivity index (χ1n) is 6.22. The fourth-order valence-corrected chi connectivity index (χ4v) is 2.41. The fraction of sp³-hybridized carbons (Fsp3) is 0.143. The van der Waals surface area contributed by atoms with Gasteiger partial charge in [0.15, 0.2) is 0 Å². The fourth-order valence-electron chi connectivity index (χ4n) is 2.41. The number of hydrogen-bond donors (Lipinski definition) is 2. The lowest BCUT2D eigenvalue weighted by molar-refractivity contribution is -0.137. The molecule has 0 radical (unpaired) electrons. The van der Waals surface area contributed by atoms with Crippen LogP contribution in [0.2, 0.25) is 0 Å². The van der Waals surface area contributed by atoms with E-state index < -0.39 is 17.7 Å². The number of fused-ring (bicyclic) bond motifs is 1. The van der Waals surface area contributed by atoms with Crippen molar-refractivity contribution in [3.8, 4) is 11.3 Å². The number of benzene rings is 1. The Morgan fingerprint density at radius 2 is 2.09 bits per heavy atom. The maximum Gasteiger partial charge on any atom is 0.416 e. The minimum absolute atomic E-state index is 0.0348. The Labute approximate surface area is 122 Å². The second kappa shape index (κ2) is 4.62. The van der Waals surface area contributed by atoms with Gasteiger partial charge < -0.3 is 9.67 Å². The number of H-pyrrole nitrogens is 1. The Balaban J connectivity index is 2.25. The van der Waals surface area contributed by atoms with E-state index in [2.05, 4.69) is 10.2 Å². The van der Waals surface area contributed by atoms with E-state index in [0.717, 1.165) is 12.1 Å². The van der Waals surface area contributed by atoms with E-state index >= 15 is 0 Å². The third kappa shape index (κ3) is 2.12. The van der Waals surface area contributed by atoms with Gasteiger partial charge in [-0.2, -0.15) is 18.3 Å². The van der Waals surface area contributed by atoms with Gasteiger partial charge in [0.05, 0.1) is 17.5 Å². The van der Waals surface area contributed by atoms with Crippen molar-refractivity contribution in [2.24, 2.45) is 7.05 Å². The minimum atomic E-state index is -4.43. The molecule has 0 spiro atoms. The van der Waals surface area contributed by atoms with Gasteiger partial charge in [0, 0.05) is 29.7 Å². The summed E-state index contributed by atoms with van der Waals surface area (Å²) in [5.41, 5.74) is 0.318. The Morgan fingerprint density at radius 3 is 2.73 bits per heavy atom. The number of carbonyl (C=O) groups is 1. The van der Waals surface area contributed by atoms with Gasteiger partial charge >= 0.3 is 12.1 Å². The van der Waals surface area contributed by atoms with Crippen LogP contribution < -0.4 is 0 Å². The summed E-state index contributed by atoms with van der Waals surface area (Å²) in [6, 6.07) is 3.35. The number of aromatic amines is 1. The largest absolute Gasteiger partial charge is 0.478 e. The number of aromatic nitrogens is 3. The molecule has 0 unspecified atom stereocenters.